The van der Waals surface area contributed by atoms with Crippen LogP contribution in [0.15, 0.2) is 12.1 Å². The number of methoxy groups -OCH3 is 3. The van der Waals surface area contributed by atoms with Gasteiger partial charge in [0.1, 0.15) is 5.75 Å². The summed E-state index contributed by atoms with van der Waals surface area (Å²) < 4.78 is 16.3. The summed E-state index contributed by atoms with van der Waals surface area (Å²) >= 11 is 0. The molecule has 1 aliphatic rings. The maximum absolute atomic E-state index is 5.56. The highest BCUT2D eigenvalue weighted by atomic mass is 16.5. The Kier molecular flexibility index (Phi) is 4.99. The van der Waals surface area contributed by atoms with Crippen LogP contribution >= 0.6 is 0 Å². The fourth-order valence-electron chi connectivity index (χ4n) is 3.25. The van der Waals surface area contributed by atoms with E-state index in [-0.39, 0.29) is 5.54 Å². The average Bonchev–Trinajstić information content (AvgIpc) is 2.96. The highest BCUT2D eigenvalue weighted by Crippen LogP contribution is 2.39. The van der Waals surface area contributed by atoms with E-state index in [1.807, 2.05) is 12.1 Å². The lowest BCUT2D eigenvalue weighted by atomic mass is 9.79. The molecule has 1 unspecified atom stereocenters. The maximum atomic E-state index is 5.56. The van der Waals surface area contributed by atoms with Crippen molar-refractivity contribution in [2.45, 2.75) is 38.6 Å². The Morgan fingerprint density at radius 1 is 1.05 bits per heavy atom. The van der Waals surface area contributed by atoms with E-state index in [4.69, 9.17) is 14.2 Å². The molecule has 1 N–H and O–H groups in total. The smallest absolute Gasteiger partial charge is 0.164 e. The van der Waals surface area contributed by atoms with Crippen molar-refractivity contribution >= 4 is 0 Å². The standard InChI is InChI=1S/C17H27NO3/c1-12(2)17(7-6-8-18-17)11-13-9-15(20-4)16(21-5)10-14(13)19-3/h9-10,12,18H,6-8,11H2,1-5H3. The first-order chi connectivity index (χ1) is 10.1. The number of nitrogens with one attached hydrogen (secondary N) is 1. The Labute approximate surface area is 127 Å². The molecule has 0 saturated carbocycles. The number of benzene rings is 1. The van der Waals surface area contributed by atoms with Crippen LogP contribution in [-0.2, 0) is 6.42 Å². The molecule has 0 spiro atoms. The largest absolute Gasteiger partial charge is 0.496 e. The minimum atomic E-state index is 0.146. The van der Waals surface area contributed by atoms with Crippen molar-refractivity contribution in [1.82, 2.24) is 5.32 Å². The number of hydrogen-bond acceptors (Lipinski definition) is 4. The summed E-state index contributed by atoms with van der Waals surface area (Å²) in [6.45, 7) is 5.66. The molecule has 0 bridgehead atoms. The van der Waals surface area contributed by atoms with Gasteiger partial charge in [-0.15, -0.1) is 0 Å². The lowest BCUT2D eigenvalue weighted by Crippen LogP contribution is -2.46. The van der Waals surface area contributed by atoms with Gasteiger partial charge in [0.15, 0.2) is 11.5 Å². The van der Waals surface area contributed by atoms with E-state index in [9.17, 15) is 0 Å². The fraction of sp³-hybridized carbons (Fsp3) is 0.647. The zero-order chi connectivity index (χ0) is 15.5. The van der Waals surface area contributed by atoms with Crippen molar-refractivity contribution in [1.29, 1.82) is 0 Å². The molecular weight excluding hydrogens is 266 g/mol. The molecule has 1 fully saturated rings. The Balaban J connectivity index is 2.38. The van der Waals surface area contributed by atoms with E-state index in [1.54, 1.807) is 21.3 Å². The number of ether oxygens (including phenoxy) is 3. The lowest BCUT2D eigenvalue weighted by Gasteiger charge is -2.34. The average molecular weight is 293 g/mol. The van der Waals surface area contributed by atoms with Crippen LogP contribution in [0.5, 0.6) is 17.2 Å². The maximum Gasteiger partial charge on any atom is 0.164 e. The number of rotatable bonds is 6. The van der Waals surface area contributed by atoms with Crippen molar-refractivity contribution in [3.63, 3.8) is 0 Å². The van der Waals surface area contributed by atoms with Crippen molar-refractivity contribution in [2.75, 3.05) is 27.9 Å². The molecule has 1 saturated heterocycles. The van der Waals surface area contributed by atoms with Gasteiger partial charge in [-0.25, -0.2) is 0 Å². The lowest BCUT2D eigenvalue weighted by molar-refractivity contribution is 0.265. The monoisotopic (exact) mass is 293 g/mol. The van der Waals surface area contributed by atoms with Crippen LogP contribution < -0.4 is 19.5 Å². The Bertz CT molecular complexity index is 479. The van der Waals surface area contributed by atoms with Gasteiger partial charge < -0.3 is 19.5 Å². The first kappa shape index (κ1) is 16.0. The molecule has 21 heavy (non-hydrogen) atoms. The topological polar surface area (TPSA) is 39.7 Å². The van der Waals surface area contributed by atoms with E-state index in [0.29, 0.717) is 11.7 Å². The van der Waals surface area contributed by atoms with Gasteiger partial charge in [0.2, 0.25) is 0 Å². The van der Waals surface area contributed by atoms with Gasteiger partial charge in [-0.2, -0.15) is 0 Å². The molecule has 0 amide bonds. The summed E-state index contributed by atoms with van der Waals surface area (Å²) in [5.74, 6) is 2.89. The summed E-state index contributed by atoms with van der Waals surface area (Å²) in [5, 5.41) is 3.71. The molecule has 2 rings (SSSR count). The van der Waals surface area contributed by atoms with Crippen molar-refractivity contribution < 1.29 is 14.2 Å². The SMILES string of the molecule is COc1cc(OC)c(OC)cc1CC1(C(C)C)CCCN1. The summed E-state index contributed by atoms with van der Waals surface area (Å²) in [4.78, 5) is 0. The van der Waals surface area contributed by atoms with Gasteiger partial charge in [-0.05, 0) is 43.4 Å². The third-order valence-corrected chi connectivity index (χ3v) is 4.67. The van der Waals surface area contributed by atoms with Crippen LogP contribution in [-0.4, -0.2) is 33.4 Å². The van der Waals surface area contributed by atoms with E-state index >= 15 is 0 Å². The highest BCUT2D eigenvalue weighted by molar-refractivity contribution is 5.51. The second kappa shape index (κ2) is 6.56. The van der Waals surface area contributed by atoms with Crippen LogP contribution in [0.4, 0.5) is 0 Å². The van der Waals surface area contributed by atoms with Gasteiger partial charge >= 0.3 is 0 Å². The Morgan fingerprint density at radius 2 is 1.67 bits per heavy atom. The second-order valence-corrected chi connectivity index (χ2v) is 6.04. The molecule has 1 aromatic carbocycles. The molecule has 0 radical (unpaired) electrons. The third kappa shape index (κ3) is 3.10. The van der Waals surface area contributed by atoms with Gasteiger partial charge in [-0.1, -0.05) is 13.8 Å². The van der Waals surface area contributed by atoms with Crippen LogP contribution in [0.3, 0.4) is 0 Å². The summed E-state index contributed by atoms with van der Waals surface area (Å²) in [5.41, 5.74) is 1.31. The van der Waals surface area contributed by atoms with Gasteiger partial charge in [-0.3, -0.25) is 0 Å². The first-order valence-electron chi connectivity index (χ1n) is 7.60. The predicted molar refractivity (Wildman–Crippen MR) is 84.6 cm³/mol. The van der Waals surface area contributed by atoms with Crippen LogP contribution in [0.1, 0.15) is 32.3 Å². The minimum absolute atomic E-state index is 0.146. The Morgan fingerprint density at radius 3 is 2.14 bits per heavy atom. The van der Waals surface area contributed by atoms with E-state index < -0.39 is 0 Å². The first-order valence-corrected chi connectivity index (χ1v) is 7.60. The Hall–Kier alpha value is -1.42. The molecule has 1 aromatic rings. The quantitative estimate of drug-likeness (QED) is 0.875. The van der Waals surface area contributed by atoms with E-state index in [1.165, 1.54) is 18.4 Å². The van der Waals surface area contributed by atoms with Crippen molar-refractivity contribution in [3.8, 4) is 17.2 Å². The molecule has 1 heterocycles. The molecule has 4 nitrogen and oxygen atoms in total. The molecule has 1 atom stereocenters. The van der Waals surface area contributed by atoms with Crippen LogP contribution in [0.25, 0.3) is 0 Å². The van der Waals surface area contributed by atoms with Gasteiger partial charge in [0, 0.05) is 11.6 Å². The zero-order valence-electron chi connectivity index (χ0n) is 13.8. The summed E-state index contributed by atoms with van der Waals surface area (Å²) in [6, 6.07) is 3.96. The van der Waals surface area contributed by atoms with Crippen molar-refractivity contribution in [2.24, 2.45) is 5.92 Å². The molecule has 118 valence electrons. The molecule has 0 aromatic heterocycles. The fourth-order valence-corrected chi connectivity index (χ4v) is 3.25. The minimum Gasteiger partial charge on any atom is -0.496 e. The second-order valence-electron chi connectivity index (χ2n) is 6.04. The molecule has 4 heteroatoms. The van der Waals surface area contributed by atoms with Crippen LogP contribution in [0, 0.1) is 5.92 Å². The van der Waals surface area contributed by atoms with E-state index in [2.05, 4.69) is 19.2 Å². The van der Waals surface area contributed by atoms with Gasteiger partial charge in [0.25, 0.3) is 0 Å². The summed E-state index contributed by atoms with van der Waals surface area (Å²) in [6.07, 6.45) is 3.37. The third-order valence-electron chi connectivity index (χ3n) is 4.67. The van der Waals surface area contributed by atoms with Crippen LogP contribution in [0.2, 0.25) is 0 Å². The zero-order valence-corrected chi connectivity index (χ0v) is 13.8. The highest BCUT2D eigenvalue weighted by Gasteiger charge is 2.37. The normalized spacial score (nSPS) is 21.6. The van der Waals surface area contributed by atoms with Gasteiger partial charge in [0.05, 0.1) is 21.3 Å². The van der Waals surface area contributed by atoms with E-state index in [0.717, 1.165) is 24.5 Å². The molecule has 0 aliphatic carbocycles. The molecular formula is C17H27NO3. The van der Waals surface area contributed by atoms with Crippen molar-refractivity contribution in [3.05, 3.63) is 17.7 Å². The summed E-state index contributed by atoms with van der Waals surface area (Å²) in [7, 11) is 5.01. The number of hydrogen-bond donors (Lipinski definition) is 1. The predicted octanol–water partition coefficient (Wildman–Crippen LogP) is 3.03. The molecule has 1 aliphatic heterocycles.